The van der Waals surface area contributed by atoms with E-state index in [0.29, 0.717) is 11.1 Å². The monoisotopic (exact) mass is 296 g/mol. The number of carbonyl (C=O) groups is 3. The summed E-state index contributed by atoms with van der Waals surface area (Å²) in [4.78, 5) is 33.1. The molecule has 0 fully saturated rings. The Bertz CT molecular complexity index is 550. The number of aliphatic carboxylic acids is 2. The van der Waals surface area contributed by atoms with Gasteiger partial charge in [-0.25, -0.2) is 4.79 Å². The summed E-state index contributed by atoms with van der Waals surface area (Å²) >= 11 is 6.10. The zero-order chi connectivity index (χ0) is 15.3. The van der Waals surface area contributed by atoms with Crippen LogP contribution in [0.4, 0.5) is 0 Å². The molecule has 6 heteroatoms. The van der Waals surface area contributed by atoms with Crippen LogP contribution in [0.5, 0.6) is 0 Å². The van der Waals surface area contributed by atoms with Crippen molar-refractivity contribution in [1.82, 2.24) is 0 Å². The molecule has 2 N–H and O–H groups in total. The van der Waals surface area contributed by atoms with E-state index in [1.165, 1.54) is 6.08 Å². The van der Waals surface area contributed by atoms with Crippen molar-refractivity contribution >= 4 is 35.4 Å². The number of Topliss-reactive ketones (excluding diaryl/α,β-unsaturated/α-hetero) is 1. The molecule has 1 aromatic rings. The molecule has 5 nitrogen and oxygen atoms in total. The molecular weight excluding hydrogens is 284 g/mol. The number of alkyl halides is 1. The summed E-state index contributed by atoms with van der Waals surface area (Å²) in [5, 5.41) is 16.6. The second kappa shape index (κ2) is 6.86. The Labute approximate surface area is 120 Å². The number of benzene rings is 1. The van der Waals surface area contributed by atoms with Crippen LogP contribution in [-0.4, -0.2) is 27.9 Å². The molecule has 20 heavy (non-hydrogen) atoms. The molecule has 0 radical (unpaired) electrons. The second-order valence-corrected chi connectivity index (χ2v) is 4.60. The fourth-order valence-electron chi connectivity index (χ4n) is 1.76. The van der Waals surface area contributed by atoms with E-state index in [2.05, 4.69) is 0 Å². The summed E-state index contributed by atoms with van der Waals surface area (Å²) in [6.07, 6.45) is 2.23. The maximum Gasteiger partial charge on any atom is 0.328 e. The SMILES string of the molecule is CC(=O)C(C(=O)O)C(Cl)c1ccccc1C=CC(=O)O. The smallest absolute Gasteiger partial charge is 0.328 e. The number of hydrogen-bond donors (Lipinski definition) is 2. The molecule has 106 valence electrons. The Balaban J connectivity index is 3.21. The molecule has 0 amide bonds. The van der Waals surface area contributed by atoms with Gasteiger partial charge in [-0.05, 0) is 24.1 Å². The van der Waals surface area contributed by atoms with Gasteiger partial charge in [-0.3, -0.25) is 9.59 Å². The average molecular weight is 297 g/mol. The minimum atomic E-state index is -1.38. The molecule has 0 aliphatic rings. The normalized spacial score (nSPS) is 13.9. The number of halogens is 1. The van der Waals surface area contributed by atoms with Gasteiger partial charge in [0, 0.05) is 6.08 Å². The maximum absolute atomic E-state index is 11.4. The highest BCUT2D eigenvalue weighted by atomic mass is 35.5. The Hall–Kier alpha value is -2.14. The van der Waals surface area contributed by atoms with Crippen LogP contribution in [-0.2, 0) is 14.4 Å². The van der Waals surface area contributed by atoms with Gasteiger partial charge in [0.25, 0.3) is 0 Å². The van der Waals surface area contributed by atoms with Crippen molar-refractivity contribution in [3.8, 4) is 0 Å². The predicted octanol–water partition coefficient (Wildman–Crippen LogP) is 2.35. The van der Waals surface area contributed by atoms with Crippen molar-refractivity contribution in [2.45, 2.75) is 12.3 Å². The topological polar surface area (TPSA) is 91.7 Å². The number of carboxylic acids is 2. The number of hydrogen-bond acceptors (Lipinski definition) is 3. The quantitative estimate of drug-likeness (QED) is 0.477. The van der Waals surface area contributed by atoms with Crippen LogP contribution in [0.25, 0.3) is 6.08 Å². The number of ketones is 1. The molecule has 1 rings (SSSR count). The third-order valence-electron chi connectivity index (χ3n) is 2.70. The van der Waals surface area contributed by atoms with E-state index in [1.54, 1.807) is 24.3 Å². The van der Waals surface area contributed by atoms with E-state index in [1.807, 2.05) is 0 Å². The van der Waals surface area contributed by atoms with Crippen LogP contribution in [0.1, 0.15) is 23.4 Å². The van der Waals surface area contributed by atoms with Crippen LogP contribution < -0.4 is 0 Å². The first kappa shape index (κ1) is 15.9. The minimum absolute atomic E-state index is 0.397. The summed E-state index contributed by atoms with van der Waals surface area (Å²) < 4.78 is 0. The molecule has 0 aliphatic heterocycles. The molecule has 0 aromatic heterocycles. The molecule has 2 atom stereocenters. The first-order valence-corrected chi connectivity index (χ1v) is 6.15. The minimum Gasteiger partial charge on any atom is -0.481 e. The van der Waals surface area contributed by atoms with E-state index in [0.717, 1.165) is 13.0 Å². The Kier molecular flexibility index (Phi) is 5.46. The van der Waals surface area contributed by atoms with Crippen LogP contribution in [0, 0.1) is 5.92 Å². The Morgan fingerprint density at radius 2 is 1.80 bits per heavy atom. The molecule has 0 heterocycles. The second-order valence-electron chi connectivity index (χ2n) is 4.13. The van der Waals surface area contributed by atoms with Crippen molar-refractivity contribution in [3.63, 3.8) is 0 Å². The van der Waals surface area contributed by atoms with Crippen LogP contribution >= 0.6 is 11.6 Å². The fraction of sp³-hybridized carbons (Fsp3) is 0.214. The zero-order valence-electron chi connectivity index (χ0n) is 10.6. The lowest BCUT2D eigenvalue weighted by Gasteiger charge is -2.18. The average Bonchev–Trinajstić information content (AvgIpc) is 2.35. The fourth-order valence-corrected chi connectivity index (χ4v) is 2.24. The number of carbonyl (C=O) groups excluding carboxylic acids is 1. The van der Waals surface area contributed by atoms with E-state index in [-0.39, 0.29) is 0 Å². The van der Waals surface area contributed by atoms with Crippen molar-refractivity contribution in [3.05, 3.63) is 41.5 Å². The van der Waals surface area contributed by atoms with Crippen LogP contribution in [0.15, 0.2) is 30.3 Å². The molecule has 0 spiro atoms. The Morgan fingerprint density at radius 3 is 2.30 bits per heavy atom. The molecule has 1 aromatic carbocycles. The van der Waals surface area contributed by atoms with Crippen LogP contribution in [0.3, 0.4) is 0 Å². The lowest BCUT2D eigenvalue weighted by Crippen LogP contribution is -2.26. The summed E-state index contributed by atoms with van der Waals surface area (Å²) in [5.41, 5.74) is 0.858. The summed E-state index contributed by atoms with van der Waals surface area (Å²) in [7, 11) is 0. The molecular formula is C14H13ClO5. The van der Waals surface area contributed by atoms with Crippen molar-refractivity contribution in [2.75, 3.05) is 0 Å². The number of carboxylic acid groups (broad SMARTS) is 2. The predicted molar refractivity (Wildman–Crippen MR) is 73.5 cm³/mol. The van der Waals surface area contributed by atoms with Gasteiger partial charge in [-0.1, -0.05) is 24.3 Å². The number of rotatable bonds is 6. The highest BCUT2D eigenvalue weighted by molar-refractivity contribution is 6.24. The van der Waals surface area contributed by atoms with E-state index in [4.69, 9.17) is 21.8 Å². The third kappa shape index (κ3) is 3.93. The van der Waals surface area contributed by atoms with Gasteiger partial charge in [0.05, 0.1) is 5.38 Å². The van der Waals surface area contributed by atoms with Gasteiger partial charge in [0.15, 0.2) is 0 Å². The molecule has 2 unspecified atom stereocenters. The molecule has 0 saturated heterocycles. The van der Waals surface area contributed by atoms with Gasteiger partial charge in [-0.2, -0.15) is 0 Å². The van der Waals surface area contributed by atoms with Gasteiger partial charge in [0.1, 0.15) is 11.7 Å². The van der Waals surface area contributed by atoms with E-state index in [9.17, 15) is 14.4 Å². The largest absolute Gasteiger partial charge is 0.481 e. The lowest BCUT2D eigenvalue weighted by atomic mass is 9.92. The first-order chi connectivity index (χ1) is 9.34. The standard InChI is InChI=1S/C14H13ClO5/c1-8(16)12(14(19)20)13(15)10-5-3-2-4-9(10)6-7-11(17)18/h2-7,12-13H,1H3,(H,17,18)(H,19,20). The van der Waals surface area contributed by atoms with Gasteiger partial charge >= 0.3 is 11.9 Å². The third-order valence-corrected chi connectivity index (χ3v) is 3.18. The Morgan fingerprint density at radius 1 is 1.20 bits per heavy atom. The molecule has 0 saturated carbocycles. The highest BCUT2D eigenvalue weighted by Gasteiger charge is 2.32. The van der Waals surface area contributed by atoms with Gasteiger partial charge in [0.2, 0.25) is 0 Å². The lowest BCUT2D eigenvalue weighted by molar-refractivity contribution is -0.145. The summed E-state index contributed by atoms with van der Waals surface area (Å²) in [6, 6.07) is 6.47. The molecule has 0 bridgehead atoms. The van der Waals surface area contributed by atoms with E-state index >= 15 is 0 Å². The van der Waals surface area contributed by atoms with Crippen molar-refractivity contribution in [2.24, 2.45) is 5.92 Å². The van der Waals surface area contributed by atoms with Crippen molar-refractivity contribution < 1.29 is 24.6 Å². The summed E-state index contributed by atoms with van der Waals surface area (Å²) in [6.45, 7) is 1.16. The van der Waals surface area contributed by atoms with E-state index < -0.39 is 29.0 Å². The summed E-state index contributed by atoms with van der Waals surface area (Å²) in [5.74, 6) is -4.38. The van der Waals surface area contributed by atoms with Crippen molar-refractivity contribution in [1.29, 1.82) is 0 Å². The first-order valence-electron chi connectivity index (χ1n) is 5.72. The molecule has 0 aliphatic carbocycles. The zero-order valence-corrected chi connectivity index (χ0v) is 11.4. The van der Waals surface area contributed by atoms with Gasteiger partial charge < -0.3 is 10.2 Å². The maximum atomic E-state index is 11.4. The highest BCUT2D eigenvalue weighted by Crippen LogP contribution is 2.32. The van der Waals surface area contributed by atoms with Gasteiger partial charge in [-0.15, -0.1) is 11.6 Å². The van der Waals surface area contributed by atoms with Crippen LogP contribution in [0.2, 0.25) is 0 Å².